The van der Waals surface area contributed by atoms with Crippen LogP contribution in [0.5, 0.6) is 5.75 Å². The molecule has 1 aliphatic heterocycles. The molecular weight excluding hydrogens is 458 g/mol. The molecule has 3 aromatic carbocycles. The Hall–Kier alpha value is -4.79. The molecule has 0 aromatic heterocycles. The number of benzene rings is 3. The zero-order valence-corrected chi connectivity index (χ0v) is 19.9. The van der Waals surface area contributed by atoms with Gasteiger partial charge in [-0.25, -0.2) is 4.99 Å². The summed E-state index contributed by atoms with van der Waals surface area (Å²) in [7, 11) is 0. The van der Waals surface area contributed by atoms with Crippen LogP contribution in [0.15, 0.2) is 88.6 Å². The van der Waals surface area contributed by atoms with Crippen molar-refractivity contribution < 1.29 is 14.8 Å². The first-order valence-electron chi connectivity index (χ1n) is 11.5. The van der Waals surface area contributed by atoms with Crippen LogP contribution in [0.3, 0.4) is 0 Å². The standard InChI is InChI=1S/C27H25N5O4/c1-3-30(4-2)22-14-15-25(33)21(16-22)18-28-31-26(19-10-6-5-7-11-19)29-23(27(31)34)17-20-12-8-9-13-24(20)32(35)36/h5-18,33H,3-4H2,1-2H3/b23-17?,28-18+. The van der Waals surface area contributed by atoms with Crippen molar-refractivity contribution in [2.75, 3.05) is 18.0 Å². The van der Waals surface area contributed by atoms with Gasteiger partial charge in [0.2, 0.25) is 0 Å². The lowest BCUT2D eigenvalue weighted by Gasteiger charge is -2.21. The number of phenolic OH excluding ortho intramolecular Hbond substituents is 1. The van der Waals surface area contributed by atoms with Gasteiger partial charge < -0.3 is 10.0 Å². The van der Waals surface area contributed by atoms with Gasteiger partial charge in [0.15, 0.2) is 5.84 Å². The van der Waals surface area contributed by atoms with Crippen LogP contribution < -0.4 is 4.90 Å². The Balaban J connectivity index is 1.75. The predicted molar refractivity (Wildman–Crippen MR) is 140 cm³/mol. The molecule has 0 aliphatic carbocycles. The highest BCUT2D eigenvalue weighted by molar-refractivity contribution is 6.20. The van der Waals surface area contributed by atoms with E-state index in [1.807, 2.05) is 38.1 Å². The van der Waals surface area contributed by atoms with Gasteiger partial charge in [0, 0.05) is 36.0 Å². The molecule has 3 aromatic rings. The molecule has 182 valence electrons. The van der Waals surface area contributed by atoms with E-state index in [9.17, 15) is 20.0 Å². The summed E-state index contributed by atoms with van der Waals surface area (Å²) in [6.45, 7) is 5.68. The number of nitrogens with zero attached hydrogens (tertiary/aromatic N) is 5. The van der Waals surface area contributed by atoms with E-state index in [4.69, 9.17) is 0 Å². The number of phenols is 1. The molecule has 4 rings (SSSR count). The lowest BCUT2D eigenvalue weighted by Crippen LogP contribution is -2.27. The smallest absolute Gasteiger partial charge is 0.298 e. The number of amidine groups is 1. The molecule has 0 saturated carbocycles. The summed E-state index contributed by atoms with van der Waals surface area (Å²) in [6.07, 6.45) is 2.80. The van der Waals surface area contributed by atoms with Crippen LogP contribution in [0.1, 0.15) is 30.5 Å². The van der Waals surface area contributed by atoms with E-state index in [0.29, 0.717) is 11.1 Å². The monoisotopic (exact) mass is 483 g/mol. The highest BCUT2D eigenvalue weighted by Crippen LogP contribution is 2.27. The number of hydrogen-bond donors (Lipinski definition) is 1. The SMILES string of the molecule is CCN(CC)c1ccc(O)c(/C=N/N2C(=O)C(=Cc3ccccc3[N+](=O)[O-])N=C2c2ccccc2)c1. The molecule has 9 nitrogen and oxygen atoms in total. The van der Waals surface area contributed by atoms with Gasteiger partial charge in [0.1, 0.15) is 11.4 Å². The fourth-order valence-electron chi connectivity index (χ4n) is 3.86. The molecule has 0 spiro atoms. The molecule has 9 heteroatoms. The summed E-state index contributed by atoms with van der Waals surface area (Å²) in [5.41, 5.74) is 2.15. The van der Waals surface area contributed by atoms with Crippen LogP contribution in [0.4, 0.5) is 11.4 Å². The molecule has 1 amide bonds. The van der Waals surface area contributed by atoms with Crippen molar-refractivity contribution in [3.63, 3.8) is 0 Å². The van der Waals surface area contributed by atoms with E-state index in [1.165, 1.54) is 18.4 Å². The molecule has 0 bridgehead atoms. The molecule has 0 unspecified atom stereocenters. The van der Waals surface area contributed by atoms with E-state index >= 15 is 0 Å². The number of nitro benzene ring substituents is 1. The third-order valence-electron chi connectivity index (χ3n) is 5.75. The molecule has 0 saturated heterocycles. The van der Waals surface area contributed by atoms with Gasteiger partial charge in [-0.1, -0.05) is 42.5 Å². The van der Waals surface area contributed by atoms with E-state index in [-0.39, 0.29) is 28.5 Å². The first kappa shape index (κ1) is 24.3. The van der Waals surface area contributed by atoms with Gasteiger partial charge in [0.05, 0.1) is 16.7 Å². The minimum atomic E-state index is -0.539. The van der Waals surface area contributed by atoms with Gasteiger partial charge in [-0.2, -0.15) is 10.1 Å². The summed E-state index contributed by atoms with van der Waals surface area (Å²) in [6, 6.07) is 20.4. The highest BCUT2D eigenvalue weighted by Gasteiger charge is 2.31. The number of hydrogen-bond acceptors (Lipinski definition) is 7. The second-order valence-electron chi connectivity index (χ2n) is 7.92. The van der Waals surface area contributed by atoms with Crippen molar-refractivity contribution in [2.45, 2.75) is 13.8 Å². The van der Waals surface area contributed by atoms with E-state index in [2.05, 4.69) is 15.0 Å². The summed E-state index contributed by atoms with van der Waals surface area (Å²) in [5, 5.41) is 27.3. The summed E-state index contributed by atoms with van der Waals surface area (Å²) < 4.78 is 0. The number of aromatic hydroxyl groups is 1. The molecule has 1 heterocycles. The number of rotatable bonds is 8. The molecule has 0 atom stereocenters. The van der Waals surface area contributed by atoms with Crippen molar-refractivity contribution in [1.82, 2.24) is 5.01 Å². The molecule has 1 aliphatic rings. The zero-order chi connectivity index (χ0) is 25.7. The summed E-state index contributed by atoms with van der Waals surface area (Å²) >= 11 is 0. The Kier molecular flexibility index (Phi) is 7.20. The number of anilines is 1. The lowest BCUT2D eigenvalue weighted by molar-refractivity contribution is -0.385. The summed E-state index contributed by atoms with van der Waals surface area (Å²) in [5.74, 6) is -0.237. The number of aliphatic imine (C=N–C) groups is 1. The van der Waals surface area contributed by atoms with E-state index < -0.39 is 10.8 Å². The first-order chi connectivity index (χ1) is 17.4. The number of carbonyl (C=O) groups is 1. The third kappa shape index (κ3) is 5.00. The van der Waals surface area contributed by atoms with Crippen LogP contribution >= 0.6 is 0 Å². The maximum Gasteiger partial charge on any atom is 0.298 e. The van der Waals surface area contributed by atoms with Crippen LogP contribution in [0.25, 0.3) is 6.08 Å². The minimum Gasteiger partial charge on any atom is -0.507 e. The van der Waals surface area contributed by atoms with Crippen molar-refractivity contribution in [3.05, 3.63) is 105 Å². The maximum atomic E-state index is 13.3. The van der Waals surface area contributed by atoms with Crippen molar-refractivity contribution in [3.8, 4) is 5.75 Å². The van der Waals surface area contributed by atoms with Crippen LogP contribution in [-0.4, -0.2) is 46.1 Å². The number of hydrazone groups is 1. The van der Waals surface area contributed by atoms with Gasteiger partial charge in [-0.3, -0.25) is 14.9 Å². The average Bonchev–Trinajstić information content (AvgIpc) is 3.20. The molecule has 0 radical (unpaired) electrons. The third-order valence-corrected chi connectivity index (χ3v) is 5.75. The fourth-order valence-corrected chi connectivity index (χ4v) is 3.86. The molecule has 36 heavy (non-hydrogen) atoms. The van der Waals surface area contributed by atoms with Crippen molar-refractivity contribution in [1.29, 1.82) is 0 Å². The zero-order valence-electron chi connectivity index (χ0n) is 19.9. The Bertz CT molecular complexity index is 1380. The Morgan fingerprint density at radius 2 is 1.72 bits per heavy atom. The second-order valence-corrected chi connectivity index (χ2v) is 7.92. The van der Waals surface area contributed by atoms with Gasteiger partial charge in [-0.15, -0.1) is 0 Å². The second kappa shape index (κ2) is 10.6. The topological polar surface area (TPSA) is 112 Å². The van der Waals surface area contributed by atoms with Crippen LogP contribution in [0, 0.1) is 10.1 Å². The molecule has 0 fully saturated rings. The van der Waals surface area contributed by atoms with Crippen molar-refractivity contribution in [2.24, 2.45) is 10.1 Å². The van der Waals surface area contributed by atoms with Crippen molar-refractivity contribution >= 4 is 35.4 Å². The highest BCUT2D eigenvalue weighted by atomic mass is 16.6. The van der Waals surface area contributed by atoms with E-state index in [1.54, 1.807) is 42.5 Å². The molecular formula is C27H25N5O4. The van der Waals surface area contributed by atoms with E-state index in [0.717, 1.165) is 23.8 Å². The van der Waals surface area contributed by atoms with Gasteiger partial charge in [-0.05, 0) is 44.2 Å². The minimum absolute atomic E-state index is 0.0152. The summed E-state index contributed by atoms with van der Waals surface area (Å²) in [4.78, 5) is 30.9. The number of carbonyl (C=O) groups excluding carboxylic acids is 1. The number of amides is 1. The predicted octanol–water partition coefficient (Wildman–Crippen LogP) is 4.81. The number of nitro groups is 1. The molecule has 1 N–H and O–H groups in total. The van der Waals surface area contributed by atoms with Gasteiger partial charge >= 0.3 is 0 Å². The normalized spacial score (nSPS) is 14.5. The Morgan fingerprint density at radius 1 is 1.03 bits per heavy atom. The quantitative estimate of drug-likeness (QED) is 0.214. The first-order valence-corrected chi connectivity index (χ1v) is 11.5. The lowest BCUT2D eigenvalue weighted by atomic mass is 10.1. The fraction of sp³-hybridized carbons (Fsp3) is 0.148. The average molecular weight is 484 g/mol. The van der Waals surface area contributed by atoms with Crippen LogP contribution in [0.2, 0.25) is 0 Å². The van der Waals surface area contributed by atoms with Gasteiger partial charge in [0.25, 0.3) is 11.6 Å². The maximum absolute atomic E-state index is 13.3. The number of para-hydroxylation sites is 1. The largest absolute Gasteiger partial charge is 0.507 e. The Morgan fingerprint density at radius 3 is 2.42 bits per heavy atom. The van der Waals surface area contributed by atoms with Crippen LogP contribution in [-0.2, 0) is 4.79 Å². The Labute approximate surface area is 208 Å².